The van der Waals surface area contributed by atoms with Crippen molar-refractivity contribution in [3.8, 4) is 134 Å². The maximum atomic E-state index is 2.60. The highest BCUT2D eigenvalue weighted by Gasteiger charge is 2.44. The lowest BCUT2D eigenvalue weighted by atomic mass is 9.33. The molecule has 2 nitrogen and oxygen atoms in total. The molecule has 17 aromatic rings. The monoisotopic (exact) mass is 1330 g/mol. The summed E-state index contributed by atoms with van der Waals surface area (Å²) in [6.45, 7) is -0.196. The Bertz CT molecular complexity index is 5430. The van der Waals surface area contributed by atoms with E-state index in [0.29, 0.717) is 0 Å². The molecule has 0 radical (unpaired) electrons. The average Bonchev–Trinajstić information content (AvgIpc) is 0.695. The fourth-order valence-electron chi connectivity index (χ4n) is 16.4. The molecule has 0 amide bonds. The van der Waals surface area contributed by atoms with Crippen LogP contribution in [0.2, 0.25) is 0 Å². The van der Waals surface area contributed by atoms with Crippen molar-refractivity contribution in [2.75, 3.05) is 9.80 Å². The molecule has 0 fully saturated rings. The van der Waals surface area contributed by atoms with Crippen LogP contribution in [0.15, 0.2) is 419 Å². The number of anilines is 6. The summed E-state index contributed by atoms with van der Waals surface area (Å²) < 4.78 is 0. The fourth-order valence-corrected chi connectivity index (χ4v) is 16.4. The summed E-state index contributed by atoms with van der Waals surface area (Å²) >= 11 is 0. The molecule has 105 heavy (non-hydrogen) atoms. The van der Waals surface area contributed by atoms with Crippen LogP contribution in [0.3, 0.4) is 0 Å². The molecule has 0 atom stereocenters. The average molecular weight is 1330 g/mol. The Morgan fingerprint density at radius 2 is 0.381 bits per heavy atom. The van der Waals surface area contributed by atoms with Gasteiger partial charge in [0.15, 0.2) is 0 Å². The van der Waals surface area contributed by atoms with E-state index in [1.807, 2.05) is 0 Å². The molecule has 3 heteroatoms. The molecular weight excluding hydrogens is 1260 g/mol. The quantitative estimate of drug-likeness (QED) is 0.100. The Morgan fingerprint density at radius 3 is 0.638 bits per heavy atom. The largest absolute Gasteiger partial charge is 0.311 e. The van der Waals surface area contributed by atoms with Crippen LogP contribution in [0.1, 0.15) is 0 Å². The zero-order valence-electron chi connectivity index (χ0n) is 57.8. The number of hydrogen-bond acceptors (Lipinski definition) is 2. The summed E-state index contributed by atoms with van der Waals surface area (Å²) in [5.74, 6) is 0. The van der Waals surface area contributed by atoms with E-state index in [4.69, 9.17) is 0 Å². The van der Waals surface area contributed by atoms with Crippen LogP contribution in [-0.2, 0) is 0 Å². The van der Waals surface area contributed by atoms with E-state index >= 15 is 0 Å². The van der Waals surface area contributed by atoms with E-state index < -0.39 is 0 Å². The molecule has 490 valence electrons. The maximum Gasteiger partial charge on any atom is 0.252 e. The summed E-state index contributed by atoms with van der Waals surface area (Å²) in [6, 6.07) is 155. The van der Waals surface area contributed by atoms with Gasteiger partial charge in [0.2, 0.25) is 0 Å². The molecule has 0 saturated heterocycles. The first-order chi connectivity index (χ1) is 52.1. The predicted octanol–water partition coefficient (Wildman–Crippen LogP) is 25.8. The minimum absolute atomic E-state index is 0.196. The lowest BCUT2D eigenvalue weighted by Gasteiger charge is -2.44. The van der Waals surface area contributed by atoms with Crippen molar-refractivity contribution in [1.82, 2.24) is 0 Å². The highest BCUT2D eigenvalue weighted by Crippen LogP contribution is 2.53. The Morgan fingerprint density at radius 1 is 0.152 bits per heavy atom. The molecule has 0 N–H and O–H groups in total. The van der Waals surface area contributed by atoms with Crippen LogP contribution in [0.4, 0.5) is 34.1 Å². The molecule has 2 aliphatic heterocycles. The van der Waals surface area contributed by atoms with Gasteiger partial charge in [-0.25, -0.2) is 0 Å². The third-order valence-corrected chi connectivity index (χ3v) is 21.2. The van der Waals surface area contributed by atoms with E-state index in [-0.39, 0.29) is 6.71 Å². The normalized spacial score (nSPS) is 11.9. The van der Waals surface area contributed by atoms with Crippen molar-refractivity contribution in [3.05, 3.63) is 419 Å². The SMILES string of the molecule is c1ccc(-c2cc(-c3ccccc3)cc(-c3c(-c4ccccc4)cc(N4c5ccc(-c6ccccc6)cc5B5c6cc(-c7ccccc7)ccc6N(c6cc(-c7ccccc7)c(-c7cc(-c8ccccc8)cc(-c8ccccc8)c7)c(-c7ccccc7)c6)c6cccc4c65)cc3-c3ccccc3)c2)cc1. The topological polar surface area (TPSA) is 6.48 Å². The van der Waals surface area contributed by atoms with Gasteiger partial charge in [-0.15, -0.1) is 0 Å². The first-order valence-corrected chi connectivity index (χ1v) is 36.3. The van der Waals surface area contributed by atoms with E-state index in [1.165, 1.54) is 72.0 Å². The van der Waals surface area contributed by atoms with Crippen molar-refractivity contribution in [2.45, 2.75) is 0 Å². The van der Waals surface area contributed by atoms with Crippen LogP contribution in [0, 0.1) is 0 Å². The molecule has 0 spiro atoms. The van der Waals surface area contributed by atoms with Gasteiger partial charge in [-0.2, -0.15) is 0 Å². The van der Waals surface area contributed by atoms with Gasteiger partial charge in [0.05, 0.1) is 0 Å². The van der Waals surface area contributed by atoms with E-state index in [1.54, 1.807) is 0 Å². The first-order valence-electron chi connectivity index (χ1n) is 36.3. The van der Waals surface area contributed by atoms with Gasteiger partial charge < -0.3 is 9.80 Å². The zero-order valence-corrected chi connectivity index (χ0v) is 57.8. The van der Waals surface area contributed by atoms with Crippen LogP contribution in [0.5, 0.6) is 0 Å². The third-order valence-electron chi connectivity index (χ3n) is 21.2. The Hall–Kier alpha value is -13.6. The summed E-state index contributed by atoms with van der Waals surface area (Å²) in [4.78, 5) is 5.19. The molecule has 0 saturated carbocycles. The molecule has 2 heterocycles. The second kappa shape index (κ2) is 27.1. The summed E-state index contributed by atoms with van der Waals surface area (Å²) in [7, 11) is 0. The van der Waals surface area contributed by atoms with Crippen LogP contribution < -0.4 is 26.2 Å². The second-order valence-corrected chi connectivity index (χ2v) is 27.5. The van der Waals surface area contributed by atoms with E-state index in [2.05, 4.69) is 428 Å². The number of benzene rings is 17. The molecule has 0 aliphatic carbocycles. The number of fused-ring (bicyclic) bond motifs is 4. The van der Waals surface area contributed by atoms with Crippen LogP contribution >= 0.6 is 0 Å². The molecule has 19 rings (SSSR count). The predicted molar refractivity (Wildman–Crippen MR) is 446 cm³/mol. The van der Waals surface area contributed by atoms with Gasteiger partial charge in [0.1, 0.15) is 0 Å². The van der Waals surface area contributed by atoms with Crippen molar-refractivity contribution in [1.29, 1.82) is 0 Å². The fraction of sp³-hybridized carbons (Fsp3) is 0. The molecule has 0 bridgehead atoms. The standard InChI is InChI=1S/C102H69BN2/c1-11-32-70(33-12-1)80-54-56-96-94(64-80)103-95-65-81(71-34-13-2-14-35-71)55-57-97(95)105(89-68-92(78-48-27-9-28-49-78)101(93(69-89)79-50-29-10-30-51-79)87-62-84(74-40-19-5-20-41-74)59-85(63-87)75-42-21-6-22-43-75)99-53-31-52-98(102(99)103)104(96)88-66-90(76-44-23-7-24-45-76)100(91(67-88)77-46-25-8-26-47-77)86-60-82(72-36-15-3-16-37-72)58-83(61-86)73-38-17-4-18-39-73/h1-69H. The minimum Gasteiger partial charge on any atom is -0.311 e. The van der Waals surface area contributed by atoms with Gasteiger partial charge in [-0.3, -0.25) is 0 Å². The van der Waals surface area contributed by atoms with Gasteiger partial charge in [0, 0.05) is 34.1 Å². The number of hydrogen-bond donors (Lipinski definition) is 0. The Labute approximate surface area is 615 Å². The molecule has 2 aliphatic rings. The van der Waals surface area contributed by atoms with Crippen molar-refractivity contribution in [2.24, 2.45) is 0 Å². The maximum absolute atomic E-state index is 2.60. The van der Waals surface area contributed by atoms with Gasteiger partial charge in [-0.1, -0.05) is 334 Å². The molecule has 0 aromatic heterocycles. The molecule has 17 aromatic carbocycles. The summed E-state index contributed by atoms with van der Waals surface area (Å²) in [5, 5.41) is 0. The Kier molecular flexibility index (Phi) is 16.1. The summed E-state index contributed by atoms with van der Waals surface area (Å²) in [6.07, 6.45) is 0. The number of rotatable bonds is 14. The smallest absolute Gasteiger partial charge is 0.252 e. The lowest BCUT2D eigenvalue weighted by Crippen LogP contribution is -2.61. The van der Waals surface area contributed by atoms with Crippen LogP contribution in [0.25, 0.3) is 134 Å². The van der Waals surface area contributed by atoms with E-state index in [9.17, 15) is 0 Å². The third kappa shape index (κ3) is 11.6. The number of nitrogens with zero attached hydrogens (tertiary/aromatic N) is 2. The van der Waals surface area contributed by atoms with Crippen LogP contribution in [-0.4, -0.2) is 6.71 Å². The zero-order chi connectivity index (χ0) is 69.6. The minimum atomic E-state index is -0.196. The highest BCUT2D eigenvalue weighted by molar-refractivity contribution is 7.00. The van der Waals surface area contributed by atoms with E-state index in [0.717, 1.165) is 112 Å². The van der Waals surface area contributed by atoms with Crippen molar-refractivity contribution < 1.29 is 0 Å². The first kappa shape index (κ1) is 62.4. The van der Waals surface area contributed by atoms with Gasteiger partial charge in [0.25, 0.3) is 6.71 Å². The van der Waals surface area contributed by atoms with Crippen molar-refractivity contribution >= 4 is 57.2 Å². The Balaban J connectivity index is 0.902. The molecule has 0 unspecified atom stereocenters. The summed E-state index contributed by atoms with van der Waals surface area (Å²) in [5.41, 5.74) is 38.0. The van der Waals surface area contributed by atoms with Gasteiger partial charge in [-0.05, 0) is 235 Å². The van der Waals surface area contributed by atoms with Gasteiger partial charge >= 0.3 is 0 Å². The van der Waals surface area contributed by atoms with Crippen molar-refractivity contribution in [3.63, 3.8) is 0 Å². The highest BCUT2D eigenvalue weighted by atomic mass is 15.2. The second-order valence-electron chi connectivity index (χ2n) is 27.5. The molecular formula is C102H69BN2. The lowest BCUT2D eigenvalue weighted by molar-refractivity contribution is 1.25.